The summed E-state index contributed by atoms with van der Waals surface area (Å²) in [5.41, 5.74) is 0.717. The second-order valence-corrected chi connectivity index (χ2v) is 6.44. The Balaban J connectivity index is 2.10. The quantitative estimate of drug-likeness (QED) is 0.797. The molecule has 0 bridgehead atoms. The fraction of sp³-hybridized carbons (Fsp3) is 0.611. The van der Waals surface area contributed by atoms with Crippen LogP contribution >= 0.6 is 0 Å². The molecule has 1 aliphatic rings. The fourth-order valence-electron chi connectivity index (χ4n) is 2.99. The average molecular weight is 337 g/mol. The van der Waals surface area contributed by atoms with E-state index in [4.69, 9.17) is 18.9 Å². The standard InChI is InChI=1S/C18H27NO5/c1-18(2)12-24-9-8-19(18)16(20)7-6-13-10-14(21-3)17(23-5)15(11-13)22-4/h10-11H,6-9,12H2,1-5H3. The molecule has 6 nitrogen and oxygen atoms in total. The minimum atomic E-state index is -0.259. The Morgan fingerprint density at radius 2 is 1.79 bits per heavy atom. The number of morpholine rings is 1. The predicted octanol–water partition coefficient (Wildman–Crippen LogP) is 2.28. The SMILES string of the molecule is COc1cc(CCC(=O)N2CCOCC2(C)C)cc(OC)c1OC. The Labute approximate surface area is 143 Å². The zero-order valence-corrected chi connectivity index (χ0v) is 15.2. The zero-order chi connectivity index (χ0) is 17.7. The van der Waals surface area contributed by atoms with Crippen LogP contribution in [0.2, 0.25) is 0 Å². The molecule has 0 atom stereocenters. The van der Waals surface area contributed by atoms with Gasteiger partial charge in [0.1, 0.15) is 0 Å². The molecule has 1 aliphatic heterocycles. The lowest BCUT2D eigenvalue weighted by atomic mass is 10.0. The van der Waals surface area contributed by atoms with Crippen molar-refractivity contribution >= 4 is 5.91 Å². The predicted molar refractivity (Wildman–Crippen MR) is 91.0 cm³/mol. The van der Waals surface area contributed by atoms with Crippen LogP contribution in [0.1, 0.15) is 25.8 Å². The molecule has 24 heavy (non-hydrogen) atoms. The summed E-state index contributed by atoms with van der Waals surface area (Å²) in [4.78, 5) is 14.5. The summed E-state index contributed by atoms with van der Waals surface area (Å²) in [5.74, 6) is 1.90. The molecule has 0 aromatic heterocycles. The largest absolute Gasteiger partial charge is 0.493 e. The molecule has 6 heteroatoms. The van der Waals surface area contributed by atoms with Crippen molar-refractivity contribution in [1.29, 1.82) is 0 Å². The van der Waals surface area contributed by atoms with Crippen molar-refractivity contribution in [3.05, 3.63) is 17.7 Å². The molecule has 0 N–H and O–H groups in total. The van der Waals surface area contributed by atoms with Crippen LogP contribution in [0.4, 0.5) is 0 Å². The van der Waals surface area contributed by atoms with Crippen molar-refractivity contribution in [2.24, 2.45) is 0 Å². The molecular weight excluding hydrogens is 310 g/mol. The number of carbonyl (C=O) groups excluding carboxylic acids is 1. The van der Waals surface area contributed by atoms with Crippen molar-refractivity contribution in [2.45, 2.75) is 32.2 Å². The molecule has 0 radical (unpaired) electrons. The van der Waals surface area contributed by atoms with Crippen LogP contribution in [0, 0.1) is 0 Å². The number of methoxy groups -OCH3 is 3. The zero-order valence-electron chi connectivity index (χ0n) is 15.2. The highest BCUT2D eigenvalue weighted by Crippen LogP contribution is 2.38. The highest BCUT2D eigenvalue weighted by Gasteiger charge is 2.33. The van der Waals surface area contributed by atoms with Gasteiger partial charge in [-0.25, -0.2) is 0 Å². The Hall–Kier alpha value is -1.95. The maximum Gasteiger partial charge on any atom is 0.223 e. The third-order valence-corrected chi connectivity index (χ3v) is 4.30. The van der Waals surface area contributed by atoms with Crippen molar-refractivity contribution in [1.82, 2.24) is 4.90 Å². The maximum absolute atomic E-state index is 12.6. The number of hydrogen-bond donors (Lipinski definition) is 0. The van der Waals surface area contributed by atoms with Crippen LogP contribution in [-0.2, 0) is 16.0 Å². The van der Waals surface area contributed by atoms with Gasteiger partial charge in [-0.3, -0.25) is 4.79 Å². The van der Waals surface area contributed by atoms with Crippen molar-refractivity contribution in [3.63, 3.8) is 0 Å². The Morgan fingerprint density at radius 1 is 1.17 bits per heavy atom. The molecule has 0 spiro atoms. The van der Waals surface area contributed by atoms with E-state index in [1.807, 2.05) is 30.9 Å². The average Bonchev–Trinajstić information content (AvgIpc) is 2.58. The normalized spacial score (nSPS) is 16.6. The van der Waals surface area contributed by atoms with Crippen LogP contribution in [0.5, 0.6) is 17.2 Å². The smallest absolute Gasteiger partial charge is 0.223 e. The van der Waals surface area contributed by atoms with Gasteiger partial charge < -0.3 is 23.8 Å². The van der Waals surface area contributed by atoms with Crippen LogP contribution in [0.25, 0.3) is 0 Å². The second-order valence-electron chi connectivity index (χ2n) is 6.44. The topological polar surface area (TPSA) is 57.2 Å². The van der Waals surface area contributed by atoms with Crippen LogP contribution in [0.15, 0.2) is 12.1 Å². The molecule has 1 saturated heterocycles. The van der Waals surface area contributed by atoms with E-state index in [1.165, 1.54) is 0 Å². The lowest BCUT2D eigenvalue weighted by Gasteiger charge is -2.42. The van der Waals surface area contributed by atoms with Gasteiger partial charge in [0.15, 0.2) is 11.5 Å². The van der Waals surface area contributed by atoms with Gasteiger partial charge in [-0.15, -0.1) is 0 Å². The number of carbonyl (C=O) groups is 1. The van der Waals surface area contributed by atoms with E-state index in [2.05, 4.69) is 0 Å². The minimum absolute atomic E-state index is 0.136. The number of amides is 1. The molecular formula is C18H27NO5. The number of rotatable bonds is 6. The highest BCUT2D eigenvalue weighted by molar-refractivity contribution is 5.77. The van der Waals surface area contributed by atoms with Gasteiger partial charge in [0.25, 0.3) is 0 Å². The van der Waals surface area contributed by atoms with E-state index < -0.39 is 0 Å². The Bertz CT molecular complexity index is 560. The molecule has 2 rings (SSSR count). The monoisotopic (exact) mass is 337 g/mol. The van der Waals surface area contributed by atoms with Gasteiger partial charge in [-0.2, -0.15) is 0 Å². The molecule has 1 amide bonds. The molecule has 1 heterocycles. The van der Waals surface area contributed by atoms with E-state index in [1.54, 1.807) is 21.3 Å². The van der Waals surface area contributed by atoms with Crippen molar-refractivity contribution in [3.8, 4) is 17.2 Å². The molecule has 1 aromatic carbocycles. The first-order valence-electron chi connectivity index (χ1n) is 8.10. The van der Waals surface area contributed by atoms with Gasteiger partial charge in [0.05, 0.1) is 40.1 Å². The van der Waals surface area contributed by atoms with Crippen LogP contribution < -0.4 is 14.2 Å². The molecule has 1 fully saturated rings. The number of ether oxygens (including phenoxy) is 4. The molecule has 1 aromatic rings. The van der Waals surface area contributed by atoms with Crippen molar-refractivity contribution < 1.29 is 23.7 Å². The number of aryl methyl sites for hydroxylation is 1. The molecule has 0 saturated carbocycles. The summed E-state index contributed by atoms with van der Waals surface area (Å²) in [6.45, 7) is 5.87. The van der Waals surface area contributed by atoms with Gasteiger partial charge >= 0.3 is 0 Å². The van der Waals surface area contributed by atoms with Gasteiger partial charge in [-0.1, -0.05) is 0 Å². The molecule has 134 valence electrons. The third kappa shape index (κ3) is 3.93. The summed E-state index contributed by atoms with van der Waals surface area (Å²) in [6, 6.07) is 3.78. The summed E-state index contributed by atoms with van der Waals surface area (Å²) in [6.07, 6.45) is 1.05. The van der Waals surface area contributed by atoms with E-state index in [9.17, 15) is 4.79 Å². The first-order chi connectivity index (χ1) is 11.4. The van der Waals surface area contributed by atoms with Crippen LogP contribution in [0.3, 0.4) is 0 Å². The van der Waals surface area contributed by atoms with E-state index in [0.29, 0.717) is 49.8 Å². The van der Waals surface area contributed by atoms with E-state index >= 15 is 0 Å². The molecule has 0 aliphatic carbocycles. The third-order valence-electron chi connectivity index (χ3n) is 4.30. The minimum Gasteiger partial charge on any atom is -0.493 e. The number of benzene rings is 1. The lowest BCUT2D eigenvalue weighted by molar-refractivity contribution is -0.146. The number of nitrogens with zero attached hydrogens (tertiary/aromatic N) is 1. The summed E-state index contributed by atoms with van der Waals surface area (Å²) in [7, 11) is 4.75. The number of hydrogen-bond acceptors (Lipinski definition) is 5. The van der Waals surface area contributed by atoms with Gasteiger partial charge in [-0.05, 0) is 38.0 Å². The first kappa shape index (κ1) is 18.4. The van der Waals surface area contributed by atoms with Crippen LogP contribution in [-0.4, -0.2) is 57.4 Å². The first-order valence-corrected chi connectivity index (χ1v) is 8.10. The van der Waals surface area contributed by atoms with E-state index in [0.717, 1.165) is 5.56 Å². The Morgan fingerprint density at radius 3 is 2.29 bits per heavy atom. The van der Waals surface area contributed by atoms with Crippen molar-refractivity contribution in [2.75, 3.05) is 41.1 Å². The van der Waals surface area contributed by atoms with Gasteiger partial charge in [0, 0.05) is 13.0 Å². The lowest BCUT2D eigenvalue weighted by Crippen LogP contribution is -2.55. The summed E-state index contributed by atoms with van der Waals surface area (Å²) in [5, 5.41) is 0. The summed E-state index contributed by atoms with van der Waals surface area (Å²) >= 11 is 0. The summed E-state index contributed by atoms with van der Waals surface area (Å²) < 4.78 is 21.5. The Kier molecular flexibility index (Phi) is 5.94. The fourth-order valence-corrected chi connectivity index (χ4v) is 2.99. The maximum atomic E-state index is 12.6. The van der Waals surface area contributed by atoms with Gasteiger partial charge in [0.2, 0.25) is 11.7 Å². The highest BCUT2D eigenvalue weighted by atomic mass is 16.5. The van der Waals surface area contributed by atoms with E-state index in [-0.39, 0.29) is 11.4 Å². The second kappa shape index (κ2) is 7.75. The molecule has 0 unspecified atom stereocenters.